The minimum atomic E-state index is -3.98. The summed E-state index contributed by atoms with van der Waals surface area (Å²) in [6.07, 6.45) is 0. The molecule has 0 saturated carbocycles. The summed E-state index contributed by atoms with van der Waals surface area (Å²) in [5.41, 5.74) is -0.217. The zero-order valence-electron chi connectivity index (χ0n) is 12.5. The predicted octanol–water partition coefficient (Wildman–Crippen LogP) is 2.83. The van der Waals surface area contributed by atoms with Gasteiger partial charge in [-0.15, -0.1) is 0 Å². The lowest BCUT2D eigenvalue weighted by atomic mass is 10.3. The van der Waals surface area contributed by atoms with Crippen LogP contribution < -0.4 is 9.46 Å². The van der Waals surface area contributed by atoms with Gasteiger partial charge in [0, 0.05) is 5.02 Å². The van der Waals surface area contributed by atoms with Gasteiger partial charge in [0.25, 0.3) is 10.0 Å². The van der Waals surface area contributed by atoms with Crippen molar-refractivity contribution >= 4 is 33.3 Å². The molecule has 6 nitrogen and oxygen atoms in total. The van der Waals surface area contributed by atoms with Gasteiger partial charge in [0.1, 0.15) is 11.6 Å². The van der Waals surface area contributed by atoms with E-state index in [1.54, 1.807) is 0 Å². The maximum Gasteiger partial charge on any atom is 0.343 e. The smallest absolute Gasteiger partial charge is 0.343 e. The fraction of sp³-hybridized carbons (Fsp3) is 0.133. The Labute approximate surface area is 143 Å². The number of carbonyl (C=O) groups excluding carboxylic acids is 1. The van der Waals surface area contributed by atoms with Crippen molar-refractivity contribution in [1.82, 2.24) is 0 Å². The topological polar surface area (TPSA) is 81.7 Å². The van der Waals surface area contributed by atoms with E-state index in [2.05, 4.69) is 9.46 Å². The normalized spacial score (nSPS) is 11.0. The first-order chi connectivity index (χ1) is 11.3. The second-order valence-corrected chi connectivity index (χ2v) is 6.68. The van der Waals surface area contributed by atoms with Gasteiger partial charge < -0.3 is 9.47 Å². The summed E-state index contributed by atoms with van der Waals surface area (Å²) in [5, 5.41) is 0.155. The Hall–Kier alpha value is -2.32. The van der Waals surface area contributed by atoms with Crippen LogP contribution in [0.5, 0.6) is 5.75 Å². The Morgan fingerprint density at radius 1 is 1.21 bits per heavy atom. The molecule has 0 aliphatic rings. The number of methoxy groups -OCH3 is 1. The van der Waals surface area contributed by atoms with E-state index in [1.165, 1.54) is 43.5 Å². The number of halogens is 2. The van der Waals surface area contributed by atoms with Crippen LogP contribution in [0.25, 0.3) is 0 Å². The van der Waals surface area contributed by atoms with Crippen molar-refractivity contribution in [2.45, 2.75) is 4.90 Å². The third-order valence-corrected chi connectivity index (χ3v) is 4.51. The van der Waals surface area contributed by atoms with Gasteiger partial charge in [-0.3, -0.25) is 4.72 Å². The minimum absolute atomic E-state index is 0.0951. The van der Waals surface area contributed by atoms with Gasteiger partial charge in [-0.25, -0.2) is 17.6 Å². The van der Waals surface area contributed by atoms with Crippen molar-refractivity contribution in [2.24, 2.45) is 0 Å². The van der Waals surface area contributed by atoms with Crippen LogP contribution in [0.1, 0.15) is 0 Å². The van der Waals surface area contributed by atoms with Crippen molar-refractivity contribution < 1.29 is 27.1 Å². The number of carbonyl (C=O) groups is 1. The number of benzene rings is 2. The quantitative estimate of drug-likeness (QED) is 0.787. The minimum Gasteiger partial charge on any atom is -0.482 e. The third-order valence-electron chi connectivity index (χ3n) is 2.89. The lowest BCUT2D eigenvalue weighted by molar-refractivity contribution is -0.142. The van der Waals surface area contributed by atoms with E-state index in [1.807, 2.05) is 0 Å². The number of anilines is 1. The maximum absolute atomic E-state index is 13.7. The molecule has 0 aromatic heterocycles. The summed E-state index contributed by atoms with van der Waals surface area (Å²) in [6.45, 7) is -0.295. The number of nitrogens with one attached hydrogen (secondary N) is 1. The molecule has 0 unspecified atom stereocenters. The van der Waals surface area contributed by atoms with Gasteiger partial charge in [-0.2, -0.15) is 0 Å². The highest BCUT2D eigenvalue weighted by Gasteiger charge is 2.16. The molecular formula is C15H13ClFNO5S. The van der Waals surface area contributed by atoms with Crippen molar-refractivity contribution in [2.75, 3.05) is 18.4 Å². The summed E-state index contributed by atoms with van der Waals surface area (Å²) in [6, 6.07) is 8.87. The highest BCUT2D eigenvalue weighted by atomic mass is 35.5. The molecule has 0 saturated heterocycles. The second kappa shape index (κ2) is 7.50. The van der Waals surface area contributed by atoms with Crippen LogP contribution in [0.3, 0.4) is 0 Å². The van der Waals surface area contributed by atoms with E-state index in [0.29, 0.717) is 0 Å². The zero-order valence-corrected chi connectivity index (χ0v) is 14.0. The zero-order chi connectivity index (χ0) is 17.7. The highest BCUT2D eigenvalue weighted by Crippen LogP contribution is 2.23. The molecule has 2 aromatic rings. The van der Waals surface area contributed by atoms with Crippen LogP contribution in [0.15, 0.2) is 47.4 Å². The summed E-state index contributed by atoms with van der Waals surface area (Å²) in [7, 11) is -2.76. The molecule has 0 radical (unpaired) electrons. The molecule has 0 aliphatic heterocycles. The van der Waals surface area contributed by atoms with E-state index < -0.39 is 21.8 Å². The predicted molar refractivity (Wildman–Crippen MR) is 86.2 cm³/mol. The molecule has 0 fully saturated rings. The van der Waals surface area contributed by atoms with Crippen molar-refractivity contribution in [1.29, 1.82) is 0 Å². The number of sulfonamides is 1. The second-order valence-electron chi connectivity index (χ2n) is 4.57. The third kappa shape index (κ3) is 4.59. The average molecular weight is 374 g/mol. The van der Waals surface area contributed by atoms with Crippen LogP contribution in [-0.2, 0) is 19.6 Å². The number of rotatable bonds is 6. The molecule has 24 heavy (non-hydrogen) atoms. The Kier molecular flexibility index (Phi) is 5.63. The van der Waals surface area contributed by atoms with Gasteiger partial charge in [0.05, 0.1) is 17.7 Å². The molecule has 0 amide bonds. The largest absolute Gasteiger partial charge is 0.482 e. The Bertz CT molecular complexity index is 839. The summed E-state index contributed by atoms with van der Waals surface area (Å²) < 4.78 is 49.8. The van der Waals surface area contributed by atoms with E-state index >= 15 is 0 Å². The molecule has 0 atom stereocenters. The molecule has 0 aliphatic carbocycles. The maximum atomic E-state index is 13.7. The monoisotopic (exact) mass is 373 g/mol. The lowest BCUT2D eigenvalue weighted by Crippen LogP contribution is -2.14. The molecule has 2 aromatic carbocycles. The Balaban J connectivity index is 2.13. The van der Waals surface area contributed by atoms with Gasteiger partial charge >= 0.3 is 5.97 Å². The molecule has 2 rings (SSSR count). The Morgan fingerprint density at radius 3 is 2.46 bits per heavy atom. The van der Waals surface area contributed by atoms with Crippen molar-refractivity contribution in [3.8, 4) is 5.75 Å². The number of hydrogen-bond acceptors (Lipinski definition) is 5. The SMILES string of the molecule is COC(=O)COc1ccc(S(=O)(=O)Nc2ccc(Cl)cc2F)cc1. The van der Waals surface area contributed by atoms with Crippen LogP contribution in [0.4, 0.5) is 10.1 Å². The van der Waals surface area contributed by atoms with Crippen molar-refractivity contribution in [3.05, 3.63) is 53.3 Å². The number of esters is 1. The molecule has 128 valence electrons. The van der Waals surface area contributed by atoms with E-state index in [9.17, 15) is 17.6 Å². The van der Waals surface area contributed by atoms with Gasteiger partial charge in [-0.1, -0.05) is 11.6 Å². The Morgan fingerprint density at radius 2 is 1.88 bits per heavy atom. The summed E-state index contributed by atoms with van der Waals surface area (Å²) >= 11 is 5.62. The van der Waals surface area contributed by atoms with E-state index in [-0.39, 0.29) is 28.0 Å². The van der Waals surface area contributed by atoms with E-state index in [0.717, 1.165) is 6.07 Å². The van der Waals surface area contributed by atoms with Crippen LogP contribution in [0, 0.1) is 5.82 Å². The molecule has 0 bridgehead atoms. The first-order valence-electron chi connectivity index (χ1n) is 6.59. The highest BCUT2D eigenvalue weighted by molar-refractivity contribution is 7.92. The average Bonchev–Trinajstić information content (AvgIpc) is 2.55. The fourth-order valence-corrected chi connectivity index (χ4v) is 2.92. The summed E-state index contributed by atoms with van der Waals surface area (Å²) in [5.74, 6) is -1.06. The number of ether oxygens (including phenoxy) is 2. The molecule has 0 heterocycles. The molecule has 9 heteroatoms. The molecular weight excluding hydrogens is 361 g/mol. The first kappa shape index (κ1) is 18.0. The number of hydrogen-bond donors (Lipinski definition) is 1. The molecule has 0 spiro atoms. The fourth-order valence-electron chi connectivity index (χ4n) is 1.69. The first-order valence-corrected chi connectivity index (χ1v) is 8.45. The van der Waals surface area contributed by atoms with E-state index in [4.69, 9.17) is 16.3 Å². The van der Waals surface area contributed by atoms with Gasteiger partial charge in [0.2, 0.25) is 0 Å². The van der Waals surface area contributed by atoms with Crippen LogP contribution >= 0.6 is 11.6 Å². The standard InChI is InChI=1S/C15H13ClFNO5S/c1-22-15(19)9-23-11-3-5-12(6-4-11)24(20,21)18-14-7-2-10(16)8-13(14)17/h2-8,18H,9H2,1H3. The van der Waals surface area contributed by atoms with Gasteiger partial charge in [-0.05, 0) is 42.5 Å². The van der Waals surface area contributed by atoms with Gasteiger partial charge in [0.15, 0.2) is 6.61 Å². The summed E-state index contributed by atoms with van der Waals surface area (Å²) in [4.78, 5) is 10.9. The van der Waals surface area contributed by atoms with Crippen molar-refractivity contribution in [3.63, 3.8) is 0 Å². The van der Waals surface area contributed by atoms with Crippen LogP contribution in [-0.4, -0.2) is 28.1 Å². The molecule has 1 N–H and O–H groups in total. The lowest BCUT2D eigenvalue weighted by Gasteiger charge is -2.10. The van der Waals surface area contributed by atoms with Crippen LogP contribution in [0.2, 0.25) is 5.02 Å².